The van der Waals surface area contributed by atoms with E-state index in [1.807, 2.05) is 0 Å². The predicted molar refractivity (Wildman–Crippen MR) is 88.9 cm³/mol. The van der Waals surface area contributed by atoms with Crippen molar-refractivity contribution in [3.63, 3.8) is 0 Å². The van der Waals surface area contributed by atoms with Crippen molar-refractivity contribution in [1.82, 2.24) is 10.4 Å². The molecule has 3 amide bonds. The topological polar surface area (TPSA) is 102 Å². The first-order valence-electron chi connectivity index (χ1n) is 8.85. The SMILES string of the molecule is CCC(C)COCCCNC(=O)CCCC(=O)ON1C(=O)CCC1=O. The lowest BCUT2D eigenvalue weighted by atomic mass is 10.1. The number of carbonyl (C=O) groups excluding carboxylic acids is 4. The quantitative estimate of drug-likeness (QED) is 0.418. The van der Waals surface area contributed by atoms with Crippen LogP contribution in [0.5, 0.6) is 0 Å². The average molecular weight is 356 g/mol. The summed E-state index contributed by atoms with van der Waals surface area (Å²) in [7, 11) is 0. The van der Waals surface area contributed by atoms with Gasteiger partial charge < -0.3 is 14.9 Å². The van der Waals surface area contributed by atoms with Crippen LogP contribution < -0.4 is 5.32 Å². The lowest BCUT2D eigenvalue weighted by molar-refractivity contribution is -0.197. The van der Waals surface area contributed by atoms with Gasteiger partial charge >= 0.3 is 5.97 Å². The van der Waals surface area contributed by atoms with Crippen LogP contribution in [0.15, 0.2) is 0 Å². The highest BCUT2D eigenvalue weighted by molar-refractivity contribution is 6.01. The van der Waals surface area contributed by atoms with Gasteiger partial charge in [-0.1, -0.05) is 20.3 Å². The van der Waals surface area contributed by atoms with Gasteiger partial charge in [0.15, 0.2) is 0 Å². The van der Waals surface area contributed by atoms with Crippen molar-refractivity contribution >= 4 is 23.7 Å². The van der Waals surface area contributed by atoms with Crippen LogP contribution in [0.3, 0.4) is 0 Å². The highest BCUT2D eigenvalue weighted by Crippen LogP contribution is 2.13. The molecule has 0 aromatic rings. The molecule has 0 spiro atoms. The number of imide groups is 1. The summed E-state index contributed by atoms with van der Waals surface area (Å²) < 4.78 is 5.49. The maximum absolute atomic E-state index is 11.6. The van der Waals surface area contributed by atoms with Crippen molar-refractivity contribution in [2.45, 2.75) is 58.8 Å². The van der Waals surface area contributed by atoms with Crippen molar-refractivity contribution in [2.75, 3.05) is 19.8 Å². The third-order valence-electron chi connectivity index (χ3n) is 3.87. The Morgan fingerprint density at radius 3 is 2.48 bits per heavy atom. The lowest BCUT2D eigenvalue weighted by Crippen LogP contribution is -2.32. The zero-order chi connectivity index (χ0) is 18.7. The van der Waals surface area contributed by atoms with E-state index in [4.69, 9.17) is 9.57 Å². The first kappa shape index (κ1) is 21.1. The molecular formula is C17H28N2O6. The molecule has 1 saturated heterocycles. The number of amides is 3. The van der Waals surface area contributed by atoms with Crippen LogP contribution in [0.25, 0.3) is 0 Å². The van der Waals surface area contributed by atoms with Gasteiger partial charge in [-0.3, -0.25) is 14.4 Å². The summed E-state index contributed by atoms with van der Waals surface area (Å²) in [5.74, 6) is -1.31. The minimum atomic E-state index is -0.685. The normalized spacial score (nSPS) is 15.4. The van der Waals surface area contributed by atoms with Crippen molar-refractivity contribution in [2.24, 2.45) is 5.92 Å². The molecule has 1 N–H and O–H groups in total. The second-order valence-electron chi connectivity index (χ2n) is 6.19. The van der Waals surface area contributed by atoms with Crippen LogP contribution in [0, 0.1) is 5.92 Å². The molecule has 25 heavy (non-hydrogen) atoms. The van der Waals surface area contributed by atoms with Crippen molar-refractivity contribution in [3.8, 4) is 0 Å². The summed E-state index contributed by atoms with van der Waals surface area (Å²) >= 11 is 0. The number of ether oxygens (including phenoxy) is 1. The van der Waals surface area contributed by atoms with Crippen LogP contribution >= 0.6 is 0 Å². The van der Waals surface area contributed by atoms with Gasteiger partial charge in [-0.25, -0.2) is 4.79 Å². The highest BCUT2D eigenvalue weighted by Gasteiger charge is 2.32. The highest BCUT2D eigenvalue weighted by atomic mass is 16.7. The second-order valence-corrected chi connectivity index (χ2v) is 6.19. The fourth-order valence-electron chi connectivity index (χ4n) is 2.09. The molecule has 1 atom stereocenters. The van der Waals surface area contributed by atoms with Gasteiger partial charge in [0.2, 0.25) is 5.91 Å². The van der Waals surface area contributed by atoms with E-state index >= 15 is 0 Å². The molecule has 0 saturated carbocycles. The van der Waals surface area contributed by atoms with Crippen molar-refractivity contribution in [1.29, 1.82) is 0 Å². The second kappa shape index (κ2) is 11.6. The Balaban J connectivity index is 2.02. The van der Waals surface area contributed by atoms with E-state index in [-0.39, 0.29) is 31.6 Å². The minimum Gasteiger partial charge on any atom is -0.381 e. The molecule has 1 aliphatic rings. The van der Waals surface area contributed by atoms with E-state index in [0.29, 0.717) is 30.6 Å². The van der Waals surface area contributed by atoms with Gasteiger partial charge in [-0.2, -0.15) is 0 Å². The van der Waals surface area contributed by atoms with Gasteiger partial charge in [0, 0.05) is 45.4 Å². The average Bonchev–Trinajstić information content (AvgIpc) is 2.89. The Hall–Kier alpha value is -1.96. The number of hydrogen-bond donors (Lipinski definition) is 1. The summed E-state index contributed by atoms with van der Waals surface area (Å²) in [5, 5.41) is 3.27. The van der Waals surface area contributed by atoms with Gasteiger partial charge in [0.05, 0.1) is 0 Å². The van der Waals surface area contributed by atoms with Crippen LogP contribution in [0.1, 0.15) is 58.8 Å². The smallest absolute Gasteiger partial charge is 0.333 e. The molecule has 1 rings (SSSR count). The number of hydroxylamine groups is 2. The fourth-order valence-corrected chi connectivity index (χ4v) is 2.09. The molecule has 1 heterocycles. The maximum atomic E-state index is 11.6. The van der Waals surface area contributed by atoms with E-state index in [2.05, 4.69) is 19.2 Å². The van der Waals surface area contributed by atoms with Crippen LogP contribution in [-0.4, -0.2) is 48.5 Å². The summed E-state index contributed by atoms with van der Waals surface area (Å²) in [5.41, 5.74) is 0. The molecule has 1 aliphatic heterocycles. The van der Waals surface area contributed by atoms with Gasteiger partial charge in [-0.05, 0) is 18.8 Å². The van der Waals surface area contributed by atoms with Crippen molar-refractivity contribution < 1.29 is 28.8 Å². The standard InChI is InChI=1S/C17H28N2O6/c1-3-13(2)12-24-11-5-10-18-14(20)6-4-7-17(23)25-19-15(21)8-9-16(19)22/h13H,3-12H2,1-2H3,(H,18,20). The van der Waals surface area contributed by atoms with Gasteiger partial charge in [-0.15, -0.1) is 5.06 Å². The zero-order valence-electron chi connectivity index (χ0n) is 15.0. The molecule has 0 aliphatic carbocycles. The van der Waals surface area contributed by atoms with Crippen LogP contribution in [-0.2, 0) is 28.8 Å². The Labute approximate surface area is 148 Å². The van der Waals surface area contributed by atoms with E-state index in [1.54, 1.807) is 0 Å². The number of rotatable bonds is 12. The molecule has 8 nitrogen and oxygen atoms in total. The molecule has 1 unspecified atom stereocenters. The molecule has 142 valence electrons. The third kappa shape index (κ3) is 8.62. The molecule has 0 bridgehead atoms. The fraction of sp³-hybridized carbons (Fsp3) is 0.765. The first-order chi connectivity index (χ1) is 11.9. The Morgan fingerprint density at radius 1 is 1.16 bits per heavy atom. The van der Waals surface area contributed by atoms with E-state index in [9.17, 15) is 19.2 Å². The number of carbonyl (C=O) groups is 4. The summed E-state index contributed by atoms with van der Waals surface area (Å²) in [6.45, 7) is 6.11. The summed E-state index contributed by atoms with van der Waals surface area (Å²) in [6, 6.07) is 0. The molecule has 8 heteroatoms. The molecular weight excluding hydrogens is 328 g/mol. The largest absolute Gasteiger partial charge is 0.381 e. The number of nitrogens with one attached hydrogen (secondary N) is 1. The summed E-state index contributed by atoms with van der Waals surface area (Å²) in [4.78, 5) is 50.5. The van der Waals surface area contributed by atoms with Crippen molar-refractivity contribution in [3.05, 3.63) is 0 Å². The van der Waals surface area contributed by atoms with Gasteiger partial charge in [0.1, 0.15) is 0 Å². The first-order valence-corrected chi connectivity index (χ1v) is 8.85. The monoisotopic (exact) mass is 356 g/mol. The molecule has 0 aromatic heterocycles. The summed E-state index contributed by atoms with van der Waals surface area (Å²) in [6.07, 6.45) is 2.41. The molecule has 0 aromatic carbocycles. The lowest BCUT2D eigenvalue weighted by Gasteiger charge is -2.12. The van der Waals surface area contributed by atoms with Gasteiger partial charge in [0.25, 0.3) is 11.8 Å². The van der Waals surface area contributed by atoms with E-state index in [1.165, 1.54) is 0 Å². The van der Waals surface area contributed by atoms with Crippen LogP contribution in [0.2, 0.25) is 0 Å². The number of hydrogen-bond acceptors (Lipinski definition) is 6. The zero-order valence-corrected chi connectivity index (χ0v) is 15.0. The third-order valence-corrected chi connectivity index (χ3v) is 3.87. The maximum Gasteiger partial charge on any atom is 0.333 e. The predicted octanol–water partition coefficient (Wildman–Crippen LogP) is 1.33. The Bertz CT molecular complexity index is 464. The molecule has 0 radical (unpaired) electrons. The molecule has 1 fully saturated rings. The van der Waals surface area contributed by atoms with Crippen LogP contribution in [0.4, 0.5) is 0 Å². The Kier molecular flexibility index (Phi) is 9.76. The number of nitrogens with zero attached hydrogens (tertiary/aromatic N) is 1. The minimum absolute atomic E-state index is 0.0253. The van der Waals surface area contributed by atoms with E-state index in [0.717, 1.165) is 19.4 Å². The van der Waals surface area contributed by atoms with E-state index < -0.39 is 17.8 Å². The Morgan fingerprint density at radius 2 is 1.84 bits per heavy atom.